The smallest absolute Gasteiger partial charge is 0.107 e. The molecule has 90 valence electrons. The molecule has 1 saturated carbocycles. The predicted octanol–water partition coefficient (Wildman–Crippen LogP) is 1.56. The summed E-state index contributed by atoms with van der Waals surface area (Å²) in [5.41, 5.74) is 1.02. The van der Waals surface area contributed by atoms with E-state index in [-0.39, 0.29) is 0 Å². The first-order chi connectivity index (χ1) is 7.88. The van der Waals surface area contributed by atoms with Crippen molar-refractivity contribution in [3.05, 3.63) is 16.1 Å². The predicted molar refractivity (Wildman–Crippen MR) is 63.5 cm³/mol. The van der Waals surface area contributed by atoms with Crippen LogP contribution in [0.5, 0.6) is 0 Å². The van der Waals surface area contributed by atoms with Gasteiger partial charge in [-0.05, 0) is 12.8 Å². The average Bonchev–Trinajstić information content (AvgIpc) is 3.02. The largest absolute Gasteiger partial charge is 0.382 e. The van der Waals surface area contributed by atoms with E-state index in [1.165, 1.54) is 12.8 Å². The van der Waals surface area contributed by atoms with Crippen molar-refractivity contribution >= 4 is 11.3 Å². The number of nitrogens with one attached hydrogen (secondary N) is 1. The Labute approximate surface area is 100.0 Å². The first-order valence-corrected chi connectivity index (χ1v) is 6.50. The standard InChI is InChI=1S/C11H18N2O2S/c1-14-4-5-15-7-10-8-16-11(13-10)6-12-9-2-3-9/h8-9,12H,2-7H2,1H3. The van der Waals surface area contributed by atoms with Crippen LogP contribution in [0.2, 0.25) is 0 Å². The summed E-state index contributed by atoms with van der Waals surface area (Å²) in [5, 5.41) is 6.67. The minimum absolute atomic E-state index is 0.587. The van der Waals surface area contributed by atoms with Gasteiger partial charge in [0.2, 0.25) is 0 Å². The molecule has 0 unspecified atom stereocenters. The molecule has 1 fully saturated rings. The van der Waals surface area contributed by atoms with Crippen molar-refractivity contribution in [3.8, 4) is 0 Å². The van der Waals surface area contributed by atoms with Crippen molar-refractivity contribution in [2.75, 3.05) is 20.3 Å². The Morgan fingerprint density at radius 2 is 2.38 bits per heavy atom. The first-order valence-electron chi connectivity index (χ1n) is 5.62. The van der Waals surface area contributed by atoms with E-state index in [2.05, 4.69) is 15.7 Å². The summed E-state index contributed by atoms with van der Waals surface area (Å²) >= 11 is 1.70. The molecule has 0 radical (unpaired) electrons. The number of methoxy groups -OCH3 is 1. The Kier molecular flexibility index (Phi) is 4.71. The Hall–Kier alpha value is -0.490. The molecule has 0 aliphatic heterocycles. The van der Waals surface area contributed by atoms with Gasteiger partial charge in [0.25, 0.3) is 0 Å². The zero-order valence-corrected chi connectivity index (χ0v) is 10.4. The molecule has 1 N–H and O–H groups in total. The molecular weight excluding hydrogens is 224 g/mol. The van der Waals surface area contributed by atoms with Crippen LogP contribution in [0.4, 0.5) is 0 Å². The number of rotatable bonds is 8. The zero-order valence-electron chi connectivity index (χ0n) is 9.57. The van der Waals surface area contributed by atoms with Crippen LogP contribution >= 0.6 is 11.3 Å². The number of thiazole rings is 1. The number of nitrogens with zero attached hydrogens (tertiary/aromatic N) is 1. The number of hydrogen-bond donors (Lipinski definition) is 1. The van der Waals surface area contributed by atoms with E-state index in [4.69, 9.17) is 9.47 Å². The van der Waals surface area contributed by atoms with Crippen LogP contribution in [0.1, 0.15) is 23.5 Å². The van der Waals surface area contributed by atoms with Gasteiger partial charge in [0.05, 0.1) is 25.5 Å². The average molecular weight is 242 g/mol. The monoisotopic (exact) mass is 242 g/mol. The van der Waals surface area contributed by atoms with Crippen molar-refractivity contribution in [1.29, 1.82) is 0 Å². The molecule has 2 rings (SSSR count). The van der Waals surface area contributed by atoms with Crippen LogP contribution < -0.4 is 5.32 Å². The summed E-state index contributed by atoms with van der Waals surface area (Å²) in [6, 6.07) is 0.741. The summed E-state index contributed by atoms with van der Waals surface area (Å²) in [5.74, 6) is 0. The number of aromatic nitrogens is 1. The highest BCUT2D eigenvalue weighted by molar-refractivity contribution is 7.09. The molecule has 1 aromatic rings. The minimum Gasteiger partial charge on any atom is -0.382 e. The van der Waals surface area contributed by atoms with Gasteiger partial charge in [0.1, 0.15) is 5.01 Å². The van der Waals surface area contributed by atoms with Crippen LogP contribution in [0.15, 0.2) is 5.38 Å². The molecule has 0 spiro atoms. The Morgan fingerprint density at radius 1 is 1.50 bits per heavy atom. The normalized spacial score (nSPS) is 15.6. The molecule has 0 aromatic carbocycles. The highest BCUT2D eigenvalue weighted by Crippen LogP contribution is 2.20. The van der Waals surface area contributed by atoms with Crippen molar-refractivity contribution in [2.45, 2.75) is 32.0 Å². The molecule has 1 aromatic heterocycles. The topological polar surface area (TPSA) is 43.4 Å². The van der Waals surface area contributed by atoms with Crippen molar-refractivity contribution in [1.82, 2.24) is 10.3 Å². The Morgan fingerprint density at radius 3 is 3.12 bits per heavy atom. The molecule has 1 aliphatic rings. The molecule has 0 atom stereocenters. The maximum Gasteiger partial charge on any atom is 0.107 e. The third kappa shape index (κ3) is 4.17. The van der Waals surface area contributed by atoms with E-state index in [1.807, 2.05) is 0 Å². The van der Waals surface area contributed by atoms with Gasteiger partial charge in [-0.15, -0.1) is 11.3 Å². The minimum atomic E-state index is 0.587. The van der Waals surface area contributed by atoms with E-state index in [1.54, 1.807) is 18.4 Å². The summed E-state index contributed by atoms with van der Waals surface area (Å²) < 4.78 is 10.3. The van der Waals surface area contributed by atoms with Crippen LogP contribution in [0.25, 0.3) is 0 Å². The molecule has 0 bridgehead atoms. The van der Waals surface area contributed by atoms with E-state index < -0.39 is 0 Å². The van der Waals surface area contributed by atoms with Crippen molar-refractivity contribution in [3.63, 3.8) is 0 Å². The Bertz CT molecular complexity index is 313. The summed E-state index contributed by atoms with van der Waals surface area (Å²) in [6.45, 7) is 2.75. The molecule has 1 aliphatic carbocycles. The van der Waals surface area contributed by atoms with Gasteiger partial charge in [0, 0.05) is 25.1 Å². The summed E-state index contributed by atoms with van der Waals surface area (Å²) in [4.78, 5) is 4.50. The van der Waals surface area contributed by atoms with Gasteiger partial charge in [0.15, 0.2) is 0 Å². The van der Waals surface area contributed by atoms with Crippen molar-refractivity contribution < 1.29 is 9.47 Å². The van der Waals surface area contributed by atoms with Gasteiger partial charge in [-0.25, -0.2) is 4.98 Å². The lowest BCUT2D eigenvalue weighted by Gasteiger charge is -2.00. The molecule has 1 heterocycles. The third-order valence-corrected chi connectivity index (χ3v) is 3.30. The second-order valence-electron chi connectivity index (χ2n) is 3.93. The molecular formula is C11H18N2O2S. The first kappa shape index (κ1) is 12.0. The van der Waals surface area contributed by atoms with Crippen LogP contribution in [-0.4, -0.2) is 31.3 Å². The van der Waals surface area contributed by atoms with Gasteiger partial charge in [-0.2, -0.15) is 0 Å². The second kappa shape index (κ2) is 6.30. The van der Waals surface area contributed by atoms with Gasteiger partial charge in [-0.1, -0.05) is 0 Å². The number of ether oxygens (including phenoxy) is 2. The zero-order chi connectivity index (χ0) is 11.2. The molecule has 4 nitrogen and oxygen atoms in total. The maximum atomic E-state index is 5.41. The fourth-order valence-electron chi connectivity index (χ4n) is 1.33. The fraction of sp³-hybridized carbons (Fsp3) is 0.727. The van der Waals surface area contributed by atoms with Crippen LogP contribution in [0.3, 0.4) is 0 Å². The van der Waals surface area contributed by atoms with E-state index >= 15 is 0 Å². The third-order valence-electron chi connectivity index (χ3n) is 2.40. The lowest BCUT2D eigenvalue weighted by molar-refractivity contribution is 0.0604. The van der Waals surface area contributed by atoms with Gasteiger partial charge >= 0.3 is 0 Å². The molecule has 5 heteroatoms. The fourth-order valence-corrected chi connectivity index (χ4v) is 2.06. The van der Waals surface area contributed by atoms with E-state index in [0.29, 0.717) is 19.8 Å². The molecule has 0 amide bonds. The lowest BCUT2D eigenvalue weighted by atomic mass is 10.5. The highest BCUT2D eigenvalue weighted by Gasteiger charge is 2.20. The lowest BCUT2D eigenvalue weighted by Crippen LogP contribution is -2.15. The van der Waals surface area contributed by atoms with E-state index in [0.717, 1.165) is 23.3 Å². The quantitative estimate of drug-likeness (QED) is 0.703. The van der Waals surface area contributed by atoms with Crippen molar-refractivity contribution in [2.24, 2.45) is 0 Å². The van der Waals surface area contributed by atoms with Crippen LogP contribution in [-0.2, 0) is 22.6 Å². The Balaban J connectivity index is 1.64. The number of hydrogen-bond acceptors (Lipinski definition) is 5. The summed E-state index contributed by atoms with van der Waals surface area (Å²) in [6.07, 6.45) is 2.64. The molecule has 0 saturated heterocycles. The van der Waals surface area contributed by atoms with E-state index in [9.17, 15) is 0 Å². The second-order valence-corrected chi connectivity index (χ2v) is 4.88. The van der Waals surface area contributed by atoms with Gasteiger partial charge in [-0.3, -0.25) is 0 Å². The maximum absolute atomic E-state index is 5.41. The van der Waals surface area contributed by atoms with Crippen LogP contribution in [0, 0.1) is 0 Å². The summed E-state index contributed by atoms with van der Waals surface area (Å²) in [7, 11) is 1.67. The van der Waals surface area contributed by atoms with Gasteiger partial charge < -0.3 is 14.8 Å². The highest BCUT2D eigenvalue weighted by atomic mass is 32.1. The SMILES string of the molecule is COCCOCc1csc(CNC2CC2)n1. The molecule has 16 heavy (non-hydrogen) atoms.